The minimum absolute atomic E-state index is 0.152. The molecule has 2 rings (SSSR count). The van der Waals surface area contributed by atoms with Gasteiger partial charge in [0.25, 0.3) is 0 Å². The van der Waals surface area contributed by atoms with Gasteiger partial charge in [-0.25, -0.2) is 9.78 Å². The number of carboxylic acid groups (broad SMARTS) is 1. The molecule has 4 nitrogen and oxygen atoms in total. The largest absolute Gasteiger partial charge is 0.476 e. The van der Waals surface area contributed by atoms with Gasteiger partial charge in [-0.1, -0.05) is 6.92 Å². The molecule has 0 bridgehead atoms. The number of hydrogen-bond acceptors (Lipinski definition) is 2. The first-order valence-corrected chi connectivity index (χ1v) is 5.61. The van der Waals surface area contributed by atoms with Crippen LogP contribution in [0.25, 0.3) is 5.65 Å². The van der Waals surface area contributed by atoms with Crippen LogP contribution in [-0.4, -0.2) is 20.5 Å². The maximum absolute atomic E-state index is 11.0. The van der Waals surface area contributed by atoms with E-state index in [-0.39, 0.29) is 5.69 Å². The maximum atomic E-state index is 11.0. The Hall–Kier alpha value is -1.11. The van der Waals surface area contributed by atoms with Crippen molar-refractivity contribution in [2.24, 2.45) is 0 Å². The predicted molar refractivity (Wildman–Crippen MR) is 64.2 cm³/mol. The van der Waals surface area contributed by atoms with Crippen LogP contribution in [0, 0.1) is 3.57 Å². The molecule has 0 fully saturated rings. The van der Waals surface area contributed by atoms with Crippen molar-refractivity contribution in [1.82, 2.24) is 9.38 Å². The van der Waals surface area contributed by atoms with E-state index in [4.69, 9.17) is 5.11 Å². The highest BCUT2D eigenvalue weighted by atomic mass is 127. The molecule has 1 N–H and O–H groups in total. The van der Waals surface area contributed by atoms with Gasteiger partial charge in [-0.15, -0.1) is 0 Å². The zero-order valence-corrected chi connectivity index (χ0v) is 10.2. The van der Waals surface area contributed by atoms with Crippen LogP contribution in [0.3, 0.4) is 0 Å². The number of carboxylic acids is 1. The van der Waals surface area contributed by atoms with E-state index in [0.29, 0.717) is 12.1 Å². The van der Waals surface area contributed by atoms with Crippen LogP contribution in [0.1, 0.15) is 23.1 Å². The SMILES string of the molecule is CCc1c(C(=O)O)nc2ccc(I)cn12. The number of hydrogen-bond donors (Lipinski definition) is 1. The van der Waals surface area contributed by atoms with Crippen LogP contribution in [0.5, 0.6) is 0 Å². The molecule has 0 aliphatic heterocycles. The summed E-state index contributed by atoms with van der Waals surface area (Å²) in [6.45, 7) is 1.93. The molecule has 0 saturated carbocycles. The second-order valence-electron chi connectivity index (χ2n) is 3.14. The second-order valence-corrected chi connectivity index (χ2v) is 4.39. The zero-order valence-electron chi connectivity index (χ0n) is 8.07. The smallest absolute Gasteiger partial charge is 0.356 e. The standard InChI is InChI=1S/C10H9IN2O2/c1-2-7-9(10(14)15)12-8-4-3-6(11)5-13(7)8/h3-5H,2H2,1H3,(H,14,15). The molecule has 0 saturated heterocycles. The van der Waals surface area contributed by atoms with Crippen molar-refractivity contribution in [1.29, 1.82) is 0 Å². The molecule has 78 valence electrons. The van der Waals surface area contributed by atoms with E-state index in [1.54, 1.807) is 0 Å². The molecule has 5 heteroatoms. The third-order valence-electron chi connectivity index (χ3n) is 2.22. The van der Waals surface area contributed by atoms with Gasteiger partial charge in [-0.3, -0.25) is 0 Å². The average molecular weight is 316 g/mol. The third-order valence-corrected chi connectivity index (χ3v) is 2.86. The van der Waals surface area contributed by atoms with Gasteiger partial charge in [-0.05, 0) is 41.1 Å². The molecule has 0 amide bonds. The molecule has 0 aliphatic carbocycles. The normalized spacial score (nSPS) is 10.8. The number of rotatable bonds is 2. The van der Waals surface area contributed by atoms with Crippen LogP contribution in [0.15, 0.2) is 18.3 Å². The molecule has 0 spiro atoms. The summed E-state index contributed by atoms with van der Waals surface area (Å²) >= 11 is 2.19. The summed E-state index contributed by atoms with van der Waals surface area (Å²) in [5.41, 5.74) is 1.58. The minimum Gasteiger partial charge on any atom is -0.476 e. The Morgan fingerprint density at radius 1 is 1.60 bits per heavy atom. The number of fused-ring (bicyclic) bond motifs is 1. The van der Waals surface area contributed by atoms with E-state index in [0.717, 1.165) is 9.26 Å². The fourth-order valence-electron chi connectivity index (χ4n) is 1.58. The Kier molecular flexibility index (Phi) is 2.64. The summed E-state index contributed by atoms with van der Waals surface area (Å²) in [4.78, 5) is 15.0. The van der Waals surface area contributed by atoms with Gasteiger partial charge in [0.05, 0.1) is 5.69 Å². The molecule has 0 atom stereocenters. The van der Waals surface area contributed by atoms with Crippen LogP contribution in [-0.2, 0) is 6.42 Å². The van der Waals surface area contributed by atoms with Crippen molar-refractivity contribution in [2.75, 3.05) is 0 Å². The Labute approximate surface area is 100 Å². The highest BCUT2D eigenvalue weighted by molar-refractivity contribution is 14.1. The first-order chi connectivity index (χ1) is 7.13. The Bertz CT molecular complexity index is 533. The molecule has 0 aliphatic rings. The van der Waals surface area contributed by atoms with Crippen LogP contribution >= 0.6 is 22.6 Å². The average Bonchev–Trinajstić information content (AvgIpc) is 2.55. The van der Waals surface area contributed by atoms with Gasteiger partial charge < -0.3 is 9.51 Å². The maximum Gasteiger partial charge on any atom is 0.356 e. The van der Waals surface area contributed by atoms with E-state index >= 15 is 0 Å². The van der Waals surface area contributed by atoms with E-state index in [1.807, 2.05) is 29.7 Å². The molecule has 2 heterocycles. The number of carbonyl (C=O) groups is 1. The van der Waals surface area contributed by atoms with Crippen molar-refractivity contribution in [3.05, 3.63) is 33.3 Å². The summed E-state index contributed by atoms with van der Waals surface area (Å²) < 4.78 is 2.90. The first-order valence-electron chi connectivity index (χ1n) is 4.53. The number of nitrogens with zero attached hydrogens (tertiary/aromatic N) is 2. The van der Waals surface area contributed by atoms with Gasteiger partial charge in [0.15, 0.2) is 5.69 Å². The quantitative estimate of drug-likeness (QED) is 0.864. The summed E-state index contributed by atoms with van der Waals surface area (Å²) in [5.74, 6) is -0.967. The van der Waals surface area contributed by atoms with Crippen molar-refractivity contribution in [2.45, 2.75) is 13.3 Å². The number of aromatic nitrogens is 2. The van der Waals surface area contributed by atoms with Crippen molar-refractivity contribution < 1.29 is 9.90 Å². The molecule has 0 aromatic carbocycles. The molecule has 0 radical (unpaired) electrons. The topological polar surface area (TPSA) is 54.6 Å². The lowest BCUT2D eigenvalue weighted by Gasteiger charge is -1.99. The summed E-state index contributed by atoms with van der Waals surface area (Å²) in [7, 11) is 0. The van der Waals surface area contributed by atoms with Crippen LogP contribution in [0.4, 0.5) is 0 Å². The molecular formula is C10H9IN2O2. The van der Waals surface area contributed by atoms with E-state index in [2.05, 4.69) is 27.6 Å². The van der Waals surface area contributed by atoms with Gasteiger partial charge in [0, 0.05) is 9.77 Å². The highest BCUT2D eigenvalue weighted by Crippen LogP contribution is 2.15. The van der Waals surface area contributed by atoms with Crippen LogP contribution < -0.4 is 0 Å². The third kappa shape index (κ3) is 1.71. The fraction of sp³-hybridized carbons (Fsp3) is 0.200. The van der Waals surface area contributed by atoms with E-state index < -0.39 is 5.97 Å². The Balaban J connectivity index is 2.79. The Morgan fingerprint density at radius 3 is 2.93 bits per heavy atom. The number of aromatic carboxylic acids is 1. The fourth-order valence-corrected chi connectivity index (χ4v) is 2.03. The number of aryl methyl sites for hydroxylation is 1. The second kappa shape index (κ2) is 3.80. The number of imidazole rings is 1. The summed E-state index contributed by atoms with van der Waals surface area (Å²) in [6, 6.07) is 3.74. The van der Waals surface area contributed by atoms with Crippen molar-refractivity contribution in [3.8, 4) is 0 Å². The zero-order chi connectivity index (χ0) is 11.0. The van der Waals surface area contributed by atoms with Gasteiger partial charge in [-0.2, -0.15) is 0 Å². The van der Waals surface area contributed by atoms with E-state index in [9.17, 15) is 4.79 Å². The molecular weight excluding hydrogens is 307 g/mol. The molecule has 2 aromatic heterocycles. The molecule has 0 unspecified atom stereocenters. The lowest BCUT2D eigenvalue weighted by atomic mass is 10.2. The summed E-state index contributed by atoms with van der Waals surface area (Å²) in [5, 5.41) is 8.99. The first kappa shape index (κ1) is 10.4. The van der Waals surface area contributed by atoms with Crippen LogP contribution in [0.2, 0.25) is 0 Å². The predicted octanol–water partition coefficient (Wildman–Crippen LogP) is 2.20. The monoisotopic (exact) mass is 316 g/mol. The Morgan fingerprint density at radius 2 is 2.33 bits per heavy atom. The summed E-state index contributed by atoms with van der Waals surface area (Å²) in [6.07, 6.45) is 2.55. The molecule has 2 aromatic rings. The van der Waals surface area contributed by atoms with Crippen molar-refractivity contribution >= 4 is 34.2 Å². The lowest BCUT2D eigenvalue weighted by Crippen LogP contribution is -2.02. The minimum atomic E-state index is -0.967. The van der Waals surface area contributed by atoms with Gasteiger partial charge >= 0.3 is 5.97 Å². The number of halogens is 1. The van der Waals surface area contributed by atoms with Gasteiger partial charge in [0.1, 0.15) is 5.65 Å². The van der Waals surface area contributed by atoms with Crippen molar-refractivity contribution in [3.63, 3.8) is 0 Å². The molecule has 15 heavy (non-hydrogen) atoms. The lowest BCUT2D eigenvalue weighted by molar-refractivity contribution is 0.0690. The van der Waals surface area contributed by atoms with Gasteiger partial charge in [0.2, 0.25) is 0 Å². The highest BCUT2D eigenvalue weighted by Gasteiger charge is 2.16. The van der Waals surface area contributed by atoms with E-state index in [1.165, 1.54) is 0 Å². The number of pyridine rings is 1.